The van der Waals surface area contributed by atoms with Crippen LogP contribution in [-0.4, -0.2) is 72.2 Å². The molecule has 0 heterocycles. The molecule has 1 aromatic rings. The normalized spacial score (nSPS) is 9.83. The van der Waals surface area contributed by atoms with Crippen LogP contribution in [0.3, 0.4) is 0 Å². The summed E-state index contributed by atoms with van der Waals surface area (Å²) in [6.45, 7) is 6.60. The Balaban J connectivity index is 0. The Morgan fingerprint density at radius 2 is 1.43 bits per heavy atom. The Morgan fingerprint density at radius 3 is 1.73 bits per heavy atom. The summed E-state index contributed by atoms with van der Waals surface area (Å²) in [5.74, 6) is 0. The van der Waals surface area contributed by atoms with Gasteiger partial charge in [-0.05, 0) is 31.9 Å². The third kappa shape index (κ3) is 13.1. The van der Waals surface area contributed by atoms with Gasteiger partial charge in [-0.25, -0.2) is 9.59 Å². The van der Waals surface area contributed by atoms with Crippen LogP contribution in [0.2, 0.25) is 0 Å². The van der Waals surface area contributed by atoms with Crippen LogP contribution in [0.4, 0.5) is 11.4 Å². The zero-order valence-electron chi connectivity index (χ0n) is 18.0. The van der Waals surface area contributed by atoms with Gasteiger partial charge in [-0.3, -0.25) is 0 Å². The van der Waals surface area contributed by atoms with Gasteiger partial charge >= 0.3 is 0 Å². The van der Waals surface area contributed by atoms with Crippen molar-refractivity contribution in [2.24, 2.45) is 15.4 Å². The fraction of sp³-hybridized carbons (Fsp3) is 0.619. The van der Waals surface area contributed by atoms with Crippen LogP contribution in [0.1, 0.15) is 38.7 Å². The summed E-state index contributed by atoms with van der Waals surface area (Å²) in [6, 6.07) is 4.94. The first-order valence-electron chi connectivity index (χ1n) is 9.72. The topological polar surface area (TPSA) is 149 Å². The van der Waals surface area contributed by atoms with Crippen molar-refractivity contribution in [1.82, 2.24) is 0 Å². The molecule has 0 fully saturated rings. The summed E-state index contributed by atoms with van der Waals surface area (Å²) < 4.78 is 4.97. The monoisotopic (exact) mass is 426 g/mol. The van der Waals surface area contributed by atoms with Crippen LogP contribution in [0, 0.1) is 12.3 Å². The van der Waals surface area contributed by atoms with E-state index in [4.69, 9.17) is 25.2 Å². The average Bonchev–Trinajstić information content (AvgIpc) is 2.77. The number of carbonyl (C=O) groups excluding carboxylic acids is 2. The van der Waals surface area contributed by atoms with Crippen LogP contribution in [-0.2, 0) is 14.3 Å². The second-order valence-electron chi connectivity index (χ2n) is 6.34. The minimum absolute atomic E-state index is 0.143. The average molecular weight is 427 g/mol. The molecule has 0 aliphatic carbocycles. The Kier molecular flexibility index (Phi) is 20.1. The number of nitrogens with zero attached hydrogens (tertiary/aromatic N) is 2. The number of hydrogen-bond acceptors (Lipinski definition) is 9. The second kappa shape index (κ2) is 20.1. The van der Waals surface area contributed by atoms with Crippen LogP contribution < -0.4 is 0 Å². The Labute approximate surface area is 177 Å². The third-order valence-electron chi connectivity index (χ3n) is 4.24. The maximum Gasteiger partial charge on any atom is 0.240 e. The van der Waals surface area contributed by atoms with E-state index in [-0.39, 0.29) is 26.4 Å². The predicted octanol–water partition coefficient (Wildman–Crippen LogP) is 2.08. The van der Waals surface area contributed by atoms with Crippen LogP contribution in [0.25, 0.3) is 0 Å². The van der Waals surface area contributed by atoms with Gasteiger partial charge in [0.25, 0.3) is 0 Å². The quantitative estimate of drug-likeness (QED) is 0.240. The number of aliphatic hydroxyl groups excluding tert-OH is 4. The van der Waals surface area contributed by atoms with Crippen molar-refractivity contribution < 1.29 is 34.8 Å². The van der Waals surface area contributed by atoms with Crippen molar-refractivity contribution in [2.75, 3.05) is 39.6 Å². The molecule has 0 radical (unpaired) electrons. The van der Waals surface area contributed by atoms with E-state index in [1.165, 1.54) is 12.2 Å². The van der Waals surface area contributed by atoms with Gasteiger partial charge in [-0.2, -0.15) is 9.98 Å². The highest BCUT2D eigenvalue weighted by Crippen LogP contribution is 2.26. The van der Waals surface area contributed by atoms with Gasteiger partial charge in [0.05, 0.1) is 44.4 Å². The zero-order valence-corrected chi connectivity index (χ0v) is 18.0. The smallest absolute Gasteiger partial charge is 0.240 e. The van der Waals surface area contributed by atoms with Crippen molar-refractivity contribution in [3.05, 3.63) is 23.8 Å². The highest BCUT2D eigenvalue weighted by molar-refractivity contribution is 5.64. The molecule has 0 amide bonds. The summed E-state index contributed by atoms with van der Waals surface area (Å²) in [5.41, 5.74) is 0.923. The van der Waals surface area contributed by atoms with Crippen LogP contribution >= 0.6 is 0 Å². The highest BCUT2D eigenvalue weighted by atomic mass is 16.5. The van der Waals surface area contributed by atoms with Crippen molar-refractivity contribution in [3.63, 3.8) is 0 Å². The van der Waals surface area contributed by atoms with Crippen molar-refractivity contribution >= 4 is 23.5 Å². The number of ether oxygens (including phenoxy) is 1. The molecule has 0 spiro atoms. The molecule has 9 nitrogen and oxygen atoms in total. The standard InChI is InChI=1S/C9H6N2O2.C6H14O3.C6H14O2/c1-7-8(10-5-12)3-2-4-9(7)11-6-13;1-2-6(3-7,4-8)5-9;1-2-3-5-8-6-4-7/h2-4H,1H3;7-9H,2-5H2,1H3;7H,2-6H2,1H3. The van der Waals surface area contributed by atoms with E-state index >= 15 is 0 Å². The lowest BCUT2D eigenvalue weighted by Gasteiger charge is -2.24. The first-order chi connectivity index (χ1) is 14.4. The Morgan fingerprint density at radius 1 is 0.933 bits per heavy atom. The predicted molar refractivity (Wildman–Crippen MR) is 114 cm³/mol. The van der Waals surface area contributed by atoms with E-state index in [9.17, 15) is 9.59 Å². The lowest BCUT2D eigenvalue weighted by Crippen LogP contribution is -2.32. The fourth-order valence-corrected chi connectivity index (χ4v) is 1.85. The maximum atomic E-state index is 10.00. The number of hydrogen-bond donors (Lipinski definition) is 4. The van der Waals surface area contributed by atoms with Gasteiger partial charge < -0.3 is 25.2 Å². The molecule has 0 aliphatic rings. The van der Waals surface area contributed by atoms with E-state index in [0.717, 1.165) is 19.4 Å². The van der Waals surface area contributed by atoms with Gasteiger partial charge in [-0.15, -0.1) is 0 Å². The molecule has 0 saturated heterocycles. The van der Waals surface area contributed by atoms with E-state index in [1.54, 1.807) is 25.1 Å². The molecule has 30 heavy (non-hydrogen) atoms. The van der Waals surface area contributed by atoms with Gasteiger partial charge in [0.15, 0.2) is 0 Å². The SMILES string of the molecule is CCC(CO)(CO)CO.CCCCOCCO.Cc1c(N=C=O)cccc1N=C=O. The fourth-order valence-electron chi connectivity index (χ4n) is 1.85. The van der Waals surface area contributed by atoms with Crippen molar-refractivity contribution in [3.8, 4) is 0 Å². The Hall–Kier alpha value is -2.22. The zero-order chi connectivity index (χ0) is 23.3. The summed E-state index contributed by atoms with van der Waals surface area (Å²) in [4.78, 5) is 26.9. The van der Waals surface area contributed by atoms with Gasteiger partial charge in [-0.1, -0.05) is 26.3 Å². The first kappa shape index (κ1) is 30.0. The van der Waals surface area contributed by atoms with Crippen molar-refractivity contribution in [2.45, 2.75) is 40.0 Å². The molecule has 0 aromatic heterocycles. The van der Waals surface area contributed by atoms with E-state index in [0.29, 0.717) is 30.0 Å². The summed E-state index contributed by atoms with van der Waals surface area (Å²) >= 11 is 0. The number of aliphatic imine (C=N–C) groups is 2. The van der Waals surface area contributed by atoms with E-state index in [1.807, 2.05) is 6.92 Å². The third-order valence-corrected chi connectivity index (χ3v) is 4.24. The minimum Gasteiger partial charge on any atom is -0.396 e. The molecule has 9 heteroatoms. The molecular formula is C21H34N2O7. The van der Waals surface area contributed by atoms with E-state index < -0.39 is 5.41 Å². The molecular weight excluding hydrogens is 392 g/mol. The summed E-state index contributed by atoms with van der Waals surface area (Å²) in [7, 11) is 0. The number of benzene rings is 1. The molecule has 0 unspecified atom stereocenters. The molecule has 0 saturated carbocycles. The first-order valence-corrected chi connectivity index (χ1v) is 9.72. The Bertz CT molecular complexity index is 591. The molecule has 170 valence electrons. The largest absolute Gasteiger partial charge is 0.396 e. The minimum atomic E-state index is -0.667. The molecule has 0 atom stereocenters. The maximum absolute atomic E-state index is 10.00. The second-order valence-corrected chi connectivity index (χ2v) is 6.34. The summed E-state index contributed by atoms with van der Waals surface area (Å²) in [6.07, 6.45) is 5.71. The highest BCUT2D eigenvalue weighted by Gasteiger charge is 2.24. The molecule has 1 aromatic carbocycles. The van der Waals surface area contributed by atoms with Gasteiger partial charge in [0, 0.05) is 17.6 Å². The van der Waals surface area contributed by atoms with Crippen molar-refractivity contribution in [1.29, 1.82) is 0 Å². The summed E-state index contributed by atoms with van der Waals surface area (Å²) in [5, 5.41) is 34.2. The number of unbranched alkanes of at least 4 members (excludes halogenated alkanes) is 1. The number of rotatable bonds is 11. The molecule has 1 rings (SSSR count). The number of aliphatic hydroxyl groups is 4. The molecule has 4 N–H and O–H groups in total. The number of isocyanates is 2. The van der Waals surface area contributed by atoms with Crippen LogP contribution in [0.15, 0.2) is 28.2 Å². The molecule has 0 aliphatic heterocycles. The van der Waals surface area contributed by atoms with Crippen LogP contribution in [0.5, 0.6) is 0 Å². The van der Waals surface area contributed by atoms with Gasteiger partial charge in [0.1, 0.15) is 0 Å². The van der Waals surface area contributed by atoms with E-state index in [2.05, 4.69) is 16.9 Å². The van der Waals surface area contributed by atoms with Gasteiger partial charge in [0.2, 0.25) is 12.2 Å². The molecule has 0 bridgehead atoms. The lowest BCUT2D eigenvalue weighted by atomic mass is 9.88. The lowest BCUT2D eigenvalue weighted by molar-refractivity contribution is 0.00304.